The van der Waals surface area contributed by atoms with Crippen molar-refractivity contribution < 1.29 is 13.2 Å². The zero-order chi connectivity index (χ0) is 21.4. The minimum atomic E-state index is -3.62. The number of nitrogens with one attached hydrogen (secondary N) is 1. The van der Waals surface area contributed by atoms with Gasteiger partial charge in [-0.1, -0.05) is 30.3 Å². The van der Waals surface area contributed by atoms with Crippen LogP contribution in [0.5, 0.6) is 5.75 Å². The molecule has 156 valence electrons. The van der Waals surface area contributed by atoms with Crippen molar-refractivity contribution in [3.8, 4) is 17.0 Å². The number of ether oxygens (including phenoxy) is 1. The smallest absolute Gasteiger partial charge is 0.266 e. The Bertz CT molecular complexity index is 1150. The summed E-state index contributed by atoms with van der Waals surface area (Å²) in [6.45, 7) is 2.65. The monoisotopic (exact) mass is 425 g/mol. The van der Waals surface area contributed by atoms with Gasteiger partial charge >= 0.3 is 0 Å². The normalized spacial score (nSPS) is 11.6. The highest BCUT2D eigenvalue weighted by atomic mass is 32.2. The maximum absolute atomic E-state index is 12.1. The van der Waals surface area contributed by atoms with Gasteiger partial charge in [-0.05, 0) is 48.9 Å². The van der Waals surface area contributed by atoms with E-state index < -0.39 is 10.0 Å². The van der Waals surface area contributed by atoms with E-state index in [2.05, 4.69) is 9.82 Å². The van der Waals surface area contributed by atoms with Crippen molar-refractivity contribution in [1.29, 1.82) is 0 Å². The molecule has 1 heterocycles. The fourth-order valence-electron chi connectivity index (χ4n) is 2.73. The van der Waals surface area contributed by atoms with Crippen molar-refractivity contribution in [1.82, 2.24) is 14.5 Å². The number of hydrogen-bond acceptors (Lipinski definition) is 5. The van der Waals surface area contributed by atoms with E-state index in [-0.39, 0.29) is 18.6 Å². The molecule has 0 amide bonds. The number of hydrogen-bond donors (Lipinski definition) is 1. The fourth-order valence-corrected chi connectivity index (χ4v) is 3.53. The van der Waals surface area contributed by atoms with Crippen LogP contribution in [0.2, 0.25) is 0 Å². The number of nitrogens with zero attached hydrogens (tertiary/aromatic N) is 2. The summed E-state index contributed by atoms with van der Waals surface area (Å²) in [4.78, 5) is 12.1. The van der Waals surface area contributed by atoms with E-state index >= 15 is 0 Å². The molecule has 1 N–H and O–H groups in total. The van der Waals surface area contributed by atoms with Crippen molar-refractivity contribution in [3.63, 3.8) is 0 Å². The maximum atomic E-state index is 12.1. The van der Waals surface area contributed by atoms with Crippen molar-refractivity contribution in [2.45, 2.75) is 13.5 Å². The van der Waals surface area contributed by atoms with E-state index in [9.17, 15) is 13.2 Å². The highest BCUT2D eigenvalue weighted by Crippen LogP contribution is 2.19. The van der Waals surface area contributed by atoms with Gasteiger partial charge in [0.25, 0.3) is 5.56 Å². The topological polar surface area (TPSA) is 90.3 Å². The predicted octanol–water partition coefficient (Wildman–Crippen LogP) is 2.90. The van der Waals surface area contributed by atoms with Crippen LogP contribution >= 0.6 is 0 Å². The first-order chi connectivity index (χ1) is 14.5. The molecule has 3 aromatic rings. The molecular weight excluding hydrogens is 402 g/mol. The molecule has 1 aromatic heterocycles. The Morgan fingerprint density at radius 2 is 1.77 bits per heavy atom. The predicted molar refractivity (Wildman–Crippen MR) is 118 cm³/mol. The molecule has 0 aliphatic rings. The summed E-state index contributed by atoms with van der Waals surface area (Å²) < 4.78 is 33.4. The van der Waals surface area contributed by atoms with Gasteiger partial charge in [0.15, 0.2) is 0 Å². The summed E-state index contributed by atoms with van der Waals surface area (Å²) in [5, 5.41) is 5.45. The molecule has 0 radical (unpaired) electrons. The molecule has 8 heteroatoms. The Kier molecular flexibility index (Phi) is 7.16. The van der Waals surface area contributed by atoms with E-state index in [1.165, 1.54) is 16.8 Å². The third-order valence-corrected chi connectivity index (χ3v) is 5.29. The van der Waals surface area contributed by atoms with Crippen molar-refractivity contribution >= 4 is 16.1 Å². The molecule has 30 heavy (non-hydrogen) atoms. The number of sulfonamides is 1. The Hall–Kier alpha value is -3.23. The van der Waals surface area contributed by atoms with Crippen molar-refractivity contribution in [2.24, 2.45) is 0 Å². The average molecular weight is 426 g/mol. The highest BCUT2D eigenvalue weighted by molar-refractivity contribution is 7.92. The lowest BCUT2D eigenvalue weighted by Gasteiger charge is -2.08. The molecule has 0 saturated carbocycles. The molecule has 0 saturated heterocycles. The third-order valence-electron chi connectivity index (χ3n) is 4.19. The quantitative estimate of drug-likeness (QED) is 0.569. The fraction of sp³-hybridized carbons (Fsp3) is 0.182. The molecule has 3 rings (SSSR count). The van der Waals surface area contributed by atoms with Gasteiger partial charge in [0.05, 0.1) is 18.8 Å². The van der Waals surface area contributed by atoms with Crippen LogP contribution in [0.3, 0.4) is 0 Å². The summed E-state index contributed by atoms with van der Waals surface area (Å²) >= 11 is 0. The van der Waals surface area contributed by atoms with Gasteiger partial charge in [0.1, 0.15) is 5.75 Å². The molecular formula is C22H23N3O4S. The lowest BCUT2D eigenvalue weighted by atomic mass is 10.1. The first-order valence-corrected chi connectivity index (χ1v) is 11.1. The van der Waals surface area contributed by atoms with Crippen LogP contribution in [0.1, 0.15) is 12.5 Å². The zero-order valence-corrected chi connectivity index (χ0v) is 17.4. The van der Waals surface area contributed by atoms with Gasteiger partial charge in [-0.25, -0.2) is 17.8 Å². The van der Waals surface area contributed by atoms with Crippen molar-refractivity contribution in [2.75, 3.05) is 13.2 Å². The van der Waals surface area contributed by atoms with Crippen LogP contribution in [0, 0.1) is 0 Å². The minimum absolute atomic E-state index is 0.0428. The van der Waals surface area contributed by atoms with Crippen molar-refractivity contribution in [3.05, 3.63) is 88.1 Å². The molecule has 7 nitrogen and oxygen atoms in total. The first kappa shape index (κ1) is 21.5. The van der Waals surface area contributed by atoms with Gasteiger partial charge in [0, 0.05) is 23.6 Å². The van der Waals surface area contributed by atoms with Crippen LogP contribution in [-0.4, -0.2) is 31.3 Å². The number of aromatic nitrogens is 2. The lowest BCUT2D eigenvalue weighted by Crippen LogP contribution is -2.31. The van der Waals surface area contributed by atoms with Gasteiger partial charge in [-0.2, -0.15) is 5.10 Å². The Morgan fingerprint density at radius 3 is 2.47 bits per heavy atom. The maximum Gasteiger partial charge on any atom is 0.266 e. The second kappa shape index (κ2) is 10.00. The van der Waals surface area contributed by atoms with Crippen LogP contribution in [0.15, 0.2) is 76.9 Å². The van der Waals surface area contributed by atoms with E-state index in [0.717, 1.165) is 22.3 Å². The Labute approximate surface area is 175 Å². The summed E-state index contributed by atoms with van der Waals surface area (Å²) in [6, 6.07) is 19.6. The molecule has 0 bridgehead atoms. The summed E-state index contributed by atoms with van der Waals surface area (Å²) in [6.07, 6.45) is 1.51. The minimum Gasteiger partial charge on any atom is -0.494 e. The average Bonchev–Trinajstić information content (AvgIpc) is 2.75. The van der Waals surface area contributed by atoms with E-state index in [0.29, 0.717) is 12.3 Å². The SMILES string of the molecule is CCOc1ccc(-c2ccc(=O)n(CCNS(=O)(=O)/C=C/c3ccccc3)n2)cc1. The summed E-state index contributed by atoms with van der Waals surface area (Å²) in [5.41, 5.74) is 1.93. The third kappa shape index (κ3) is 6.13. The number of benzene rings is 2. The standard InChI is InChI=1S/C22H23N3O4S/c1-2-29-20-10-8-19(9-11-20)21-12-13-22(26)25(24-21)16-15-23-30(27,28)17-14-18-6-4-3-5-7-18/h3-14,17,23H,2,15-16H2,1H3/b17-14+. The van der Waals surface area contributed by atoms with Gasteiger partial charge in [-0.15, -0.1) is 0 Å². The van der Waals surface area contributed by atoms with Crippen LogP contribution in [-0.2, 0) is 16.6 Å². The number of rotatable bonds is 9. The second-order valence-corrected chi connectivity index (χ2v) is 8.04. The Morgan fingerprint density at radius 1 is 1.03 bits per heavy atom. The summed E-state index contributed by atoms with van der Waals surface area (Å²) in [5.74, 6) is 0.757. The molecule has 2 aromatic carbocycles. The molecule has 0 aliphatic heterocycles. The van der Waals surface area contributed by atoms with Gasteiger partial charge in [0.2, 0.25) is 10.0 Å². The largest absolute Gasteiger partial charge is 0.494 e. The molecule has 0 unspecified atom stereocenters. The molecule has 0 aliphatic carbocycles. The van der Waals surface area contributed by atoms with E-state index in [1.807, 2.05) is 61.5 Å². The molecule has 0 spiro atoms. The zero-order valence-electron chi connectivity index (χ0n) is 16.6. The molecule has 0 atom stereocenters. The summed E-state index contributed by atoms with van der Waals surface area (Å²) in [7, 11) is -3.62. The van der Waals surface area contributed by atoms with E-state index in [4.69, 9.17) is 4.74 Å². The lowest BCUT2D eigenvalue weighted by molar-refractivity contribution is 0.340. The Balaban J connectivity index is 1.64. The highest BCUT2D eigenvalue weighted by Gasteiger charge is 2.07. The van der Waals surface area contributed by atoms with Crippen LogP contribution in [0.25, 0.3) is 17.3 Å². The van der Waals surface area contributed by atoms with Gasteiger partial charge < -0.3 is 4.74 Å². The van der Waals surface area contributed by atoms with E-state index in [1.54, 1.807) is 6.07 Å². The van der Waals surface area contributed by atoms with Crippen LogP contribution in [0.4, 0.5) is 0 Å². The van der Waals surface area contributed by atoms with Crippen LogP contribution < -0.4 is 15.0 Å². The second-order valence-electron chi connectivity index (χ2n) is 6.39. The van der Waals surface area contributed by atoms with Gasteiger partial charge in [-0.3, -0.25) is 4.79 Å². The first-order valence-electron chi connectivity index (χ1n) is 9.51. The molecule has 0 fully saturated rings.